The van der Waals surface area contributed by atoms with Crippen LogP contribution in [0, 0.1) is 17.8 Å². The lowest BCUT2D eigenvalue weighted by Gasteiger charge is -2.41. The first-order valence-electron chi connectivity index (χ1n) is 12.1. The number of amides is 2. The summed E-state index contributed by atoms with van der Waals surface area (Å²) in [6.45, 7) is 14.2. The molecular formula is C25H38N2O5S. The van der Waals surface area contributed by atoms with Crippen molar-refractivity contribution in [3.8, 4) is 0 Å². The molecule has 3 fully saturated rings. The molecule has 0 saturated carbocycles. The smallest absolute Gasteiger partial charge is 0.310 e. The predicted octanol–water partition coefficient (Wildman–Crippen LogP) is 2.64. The van der Waals surface area contributed by atoms with Crippen LogP contribution >= 0.6 is 11.8 Å². The van der Waals surface area contributed by atoms with Crippen molar-refractivity contribution in [3.05, 3.63) is 25.3 Å². The number of hydrogen-bond acceptors (Lipinski definition) is 6. The first kappa shape index (κ1) is 25.8. The molecular weight excluding hydrogens is 440 g/mol. The minimum atomic E-state index is -0.711. The molecule has 3 aliphatic rings. The minimum Gasteiger partial charge on any atom is -0.465 e. The van der Waals surface area contributed by atoms with Crippen molar-refractivity contribution in [2.75, 3.05) is 26.3 Å². The predicted molar refractivity (Wildman–Crippen MR) is 130 cm³/mol. The summed E-state index contributed by atoms with van der Waals surface area (Å²) < 4.78 is 4.81. The molecule has 1 spiro atoms. The third-order valence-electron chi connectivity index (χ3n) is 7.51. The Labute approximate surface area is 201 Å². The lowest BCUT2D eigenvalue weighted by Crippen LogP contribution is -2.58. The maximum atomic E-state index is 14.1. The average molecular weight is 479 g/mol. The van der Waals surface area contributed by atoms with E-state index in [9.17, 15) is 19.5 Å². The molecule has 8 heteroatoms. The average Bonchev–Trinajstić information content (AvgIpc) is 3.36. The summed E-state index contributed by atoms with van der Waals surface area (Å²) >= 11 is 1.63. The van der Waals surface area contributed by atoms with Gasteiger partial charge >= 0.3 is 5.97 Å². The molecule has 7 nitrogen and oxygen atoms in total. The van der Waals surface area contributed by atoms with Crippen LogP contribution in [0.1, 0.15) is 46.5 Å². The number of nitrogens with zero attached hydrogens (tertiary/aromatic N) is 2. The highest BCUT2D eigenvalue weighted by Crippen LogP contribution is 2.68. The number of hydrogen-bond donors (Lipinski definition) is 1. The van der Waals surface area contributed by atoms with E-state index in [0.717, 1.165) is 19.3 Å². The van der Waals surface area contributed by atoms with Crippen molar-refractivity contribution in [2.24, 2.45) is 17.8 Å². The molecule has 3 heterocycles. The number of aliphatic hydroxyl groups excluding tert-OH is 1. The van der Waals surface area contributed by atoms with Crippen molar-refractivity contribution in [1.82, 2.24) is 9.80 Å². The van der Waals surface area contributed by atoms with E-state index in [1.165, 1.54) is 4.90 Å². The highest BCUT2D eigenvalue weighted by molar-refractivity contribution is 8.02. The van der Waals surface area contributed by atoms with Gasteiger partial charge in [-0.2, -0.15) is 0 Å². The van der Waals surface area contributed by atoms with Crippen LogP contribution in [-0.4, -0.2) is 81.1 Å². The van der Waals surface area contributed by atoms with E-state index >= 15 is 0 Å². The van der Waals surface area contributed by atoms with E-state index in [4.69, 9.17) is 4.74 Å². The summed E-state index contributed by atoms with van der Waals surface area (Å²) in [5, 5.41) is 9.71. The number of aliphatic hydroxyl groups is 1. The monoisotopic (exact) mass is 478 g/mol. The lowest BCUT2D eigenvalue weighted by atomic mass is 9.66. The maximum Gasteiger partial charge on any atom is 0.310 e. The number of carbonyl (C=O) groups is 3. The number of thioether (sulfide) groups is 1. The topological polar surface area (TPSA) is 87.1 Å². The fraction of sp³-hybridized carbons (Fsp3) is 0.720. The summed E-state index contributed by atoms with van der Waals surface area (Å²) in [5.74, 6) is -1.77. The van der Waals surface area contributed by atoms with Gasteiger partial charge in [0.2, 0.25) is 11.8 Å². The summed E-state index contributed by atoms with van der Waals surface area (Å²) in [5.41, 5.74) is 0. The molecule has 3 saturated heterocycles. The van der Waals surface area contributed by atoms with E-state index < -0.39 is 22.6 Å². The standard InChI is InChI=1S/C25H38N2O5S/c1-6-9-14-32-24(31)19-18-15-16(4)25(33-18)20(19)22(29)27(12-13-28)21(25)23(30)26(11-8-3)17(5)10-7-2/h6,8,16-21,28H,1,3,7,9-15H2,2,4-5H3/t16?,17?,18-,19+,20+,21?,25?/m1/s1. The van der Waals surface area contributed by atoms with Crippen LogP contribution in [-0.2, 0) is 19.1 Å². The third-order valence-corrected chi connectivity index (χ3v) is 9.58. The number of esters is 1. The lowest BCUT2D eigenvalue weighted by molar-refractivity contribution is -0.154. The van der Waals surface area contributed by atoms with Gasteiger partial charge in [-0.25, -0.2) is 0 Å². The Morgan fingerprint density at radius 1 is 1.39 bits per heavy atom. The quantitative estimate of drug-likeness (QED) is 0.264. The van der Waals surface area contributed by atoms with Crippen molar-refractivity contribution >= 4 is 29.5 Å². The van der Waals surface area contributed by atoms with Crippen molar-refractivity contribution in [3.63, 3.8) is 0 Å². The van der Waals surface area contributed by atoms with E-state index in [-0.39, 0.29) is 54.8 Å². The van der Waals surface area contributed by atoms with Crippen LogP contribution in [0.15, 0.2) is 25.3 Å². The highest BCUT2D eigenvalue weighted by Gasteiger charge is 2.76. The van der Waals surface area contributed by atoms with Gasteiger partial charge in [0.25, 0.3) is 0 Å². The van der Waals surface area contributed by atoms with Gasteiger partial charge in [0.1, 0.15) is 6.04 Å². The number of rotatable bonds is 12. The Hall–Kier alpha value is -1.80. The van der Waals surface area contributed by atoms with Crippen LogP contribution in [0.5, 0.6) is 0 Å². The van der Waals surface area contributed by atoms with Gasteiger partial charge in [-0.3, -0.25) is 14.4 Å². The largest absolute Gasteiger partial charge is 0.465 e. The molecule has 3 rings (SSSR count). The van der Waals surface area contributed by atoms with Gasteiger partial charge in [-0.15, -0.1) is 24.9 Å². The van der Waals surface area contributed by atoms with Gasteiger partial charge in [0.05, 0.1) is 29.8 Å². The van der Waals surface area contributed by atoms with E-state index in [2.05, 4.69) is 27.0 Å². The molecule has 33 heavy (non-hydrogen) atoms. The minimum absolute atomic E-state index is 0.000559. The molecule has 2 bridgehead atoms. The van der Waals surface area contributed by atoms with Crippen LogP contribution in [0.4, 0.5) is 0 Å². The Bertz CT molecular complexity index is 789. The first-order chi connectivity index (χ1) is 15.8. The zero-order chi connectivity index (χ0) is 24.3. The molecule has 184 valence electrons. The summed E-state index contributed by atoms with van der Waals surface area (Å²) in [6, 6.07) is -0.710. The number of β-amino-alcohol motifs (C(OH)–C–C–N with tert-alkyl or cyclic N) is 1. The van der Waals surface area contributed by atoms with Crippen LogP contribution in [0.25, 0.3) is 0 Å². The zero-order valence-electron chi connectivity index (χ0n) is 20.1. The number of ether oxygens (including phenoxy) is 1. The number of carbonyl (C=O) groups excluding carboxylic acids is 3. The van der Waals surface area contributed by atoms with Crippen LogP contribution in [0.3, 0.4) is 0 Å². The molecule has 3 aliphatic heterocycles. The Morgan fingerprint density at radius 3 is 2.73 bits per heavy atom. The molecule has 1 N–H and O–H groups in total. The summed E-state index contributed by atoms with van der Waals surface area (Å²) in [7, 11) is 0. The van der Waals surface area contributed by atoms with Gasteiger partial charge < -0.3 is 19.6 Å². The normalized spacial score (nSPS) is 33.0. The van der Waals surface area contributed by atoms with Crippen LogP contribution < -0.4 is 0 Å². The van der Waals surface area contributed by atoms with Crippen LogP contribution in [0.2, 0.25) is 0 Å². The molecule has 4 unspecified atom stereocenters. The summed E-state index contributed by atoms with van der Waals surface area (Å²) in [4.78, 5) is 44.3. The van der Waals surface area contributed by atoms with Crippen molar-refractivity contribution in [2.45, 2.75) is 68.5 Å². The van der Waals surface area contributed by atoms with E-state index in [1.54, 1.807) is 23.9 Å². The highest BCUT2D eigenvalue weighted by atomic mass is 32.2. The van der Waals surface area contributed by atoms with E-state index in [1.807, 2.05) is 11.8 Å². The molecule has 7 atom stereocenters. The molecule has 0 aliphatic carbocycles. The Morgan fingerprint density at radius 2 is 2.12 bits per heavy atom. The second-order valence-corrected chi connectivity index (χ2v) is 11.0. The Kier molecular flexibility index (Phi) is 8.32. The fourth-order valence-electron chi connectivity index (χ4n) is 6.11. The molecule has 0 aromatic heterocycles. The molecule has 0 aromatic rings. The second kappa shape index (κ2) is 10.6. The number of fused-ring (bicyclic) bond motifs is 1. The fourth-order valence-corrected chi connectivity index (χ4v) is 8.52. The van der Waals surface area contributed by atoms with Gasteiger partial charge in [-0.1, -0.05) is 32.4 Å². The first-order valence-corrected chi connectivity index (χ1v) is 13.0. The van der Waals surface area contributed by atoms with Gasteiger partial charge in [-0.05, 0) is 32.1 Å². The van der Waals surface area contributed by atoms with E-state index in [0.29, 0.717) is 13.0 Å². The van der Waals surface area contributed by atoms with Crippen molar-refractivity contribution in [1.29, 1.82) is 0 Å². The maximum absolute atomic E-state index is 14.1. The molecule has 0 aromatic carbocycles. The number of likely N-dealkylation sites (tertiary alicyclic amines) is 1. The molecule has 0 radical (unpaired) electrons. The Balaban J connectivity index is 2.01. The third kappa shape index (κ3) is 4.25. The second-order valence-electron chi connectivity index (χ2n) is 9.47. The zero-order valence-corrected chi connectivity index (χ0v) is 20.9. The van der Waals surface area contributed by atoms with Gasteiger partial charge in [0, 0.05) is 24.4 Å². The van der Waals surface area contributed by atoms with Gasteiger partial charge in [0.15, 0.2) is 0 Å². The SMILES string of the molecule is C=CCCOC(=O)[C@@H]1[C@H]2C(=O)N(CCO)C(C(=O)N(CC=C)C(C)CCC)C23S[C@@H]1CC3C. The summed E-state index contributed by atoms with van der Waals surface area (Å²) in [6.07, 6.45) is 6.51. The van der Waals surface area contributed by atoms with Crippen molar-refractivity contribution < 1.29 is 24.2 Å². The molecule has 2 amide bonds.